The van der Waals surface area contributed by atoms with Crippen LogP contribution >= 0.6 is 0 Å². The minimum absolute atomic E-state index is 0.0694. The first-order chi connectivity index (χ1) is 5.22. The van der Waals surface area contributed by atoms with Gasteiger partial charge in [-0.1, -0.05) is 19.8 Å². The molecular formula is C8H19NO2. The Hall–Kier alpha value is -0.120. The van der Waals surface area contributed by atoms with Gasteiger partial charge in [0.2, 0.25) is 0 Å². The lowest BCUT2D eigenvalue weighted by Crippen LogP contribution is -2.30. The van der Waals surface area contributed by atoms with Gasteiger partial charge in [0.15, 0.2) is 0 Å². The van der Waals surface area contributed by atoms with E-state index in [0.717, 1.165) is 19.3 Å². The quantitative estimate of drug-likeness (QED) is 0.495. The molecule has 2 atom stereocenters. The average Bonchev–Trinajstić information content (AvgIpc) is 1.97. The zero-order valence-corrected chi connectivity index (χ0v) is 7.16. The molecule has 2 unspecified atom stereocenters. The van der Waals surface area contributed by atoms with Gasteiger partial charge in [-0.15, -0.1) is 0 Å². The average molecular weight is 161 g/mol. The fourth-order valence-electron chi connectivity index (χ4n) is 1.12. The maximum absolute atomic E-state index is 9.04. The van der Waals surface area contributed by atoms with Gasteiger partial charge in [-0.2, -0.15) is 0 Å². The van der Waals surface area contributed by atoms with Crippen LogP contribution in [0.4, 0.5) is 0 Å². The predicted octanol–water partition coefficient (Wildman–Crippen LogP) is 0.452. The standard InChI is InChI=1S/C8H19NO2/c1-2-3-4-7(5-6-10)8(9)11/h7-8,10-11H,2-6,9H2,1H3. The first kappa shape index (κ1) is 10.9. The summed E-state index contributed by atoms with van der Waals surface area (Å²) in [4.78, 5) is 0. The van der Waals surface area contributed by atoms with Crippen molar-refractivity contribution in [1.29, 1.82) is 0 Å². The molecule has 3 nitrogen and oxygen atoms in total. The third-order valence-electron chi connectivity index (χ3n) is 1.91. The van der Waals surface area contributed by atoms with Gasteiger partial charge < -0.3 is 15.9 Å². The van der Waals surface area contributed by atoms with Gasteiger partial charge >= 0.3 is 0 Å². The third kappa shape index (κ3) is 5.18. The van der Waals surface area contributed by atoms with Crippen molar-refractivity contribution in [3.63, 3.8) is 0 Å². The SMILES string of the molecule is CCCCC(CCO)C(N)O. The van der Waals surface area contributed by atoms with Crippen LogP contribution in [0.1, 0.15) is 32.6 Å². The zero-order chi connectivity index (χ0) is 8.69. The van der Waals surface area contributed by atoms with Gasteiger partial charge in [0.25, 0.3) is 0 Å². The van der Waals surface area contributed by atoms with E-state index in [1.54, 1.807) is 0 Å². The smallest absolute Gasteiger partial charge is 0.105 e. The lowest BCUT2D eigenvalue weighted by molar-refractivity contribution is 0.0883. The van der Waals surface area contributed by atoms with Crippen molar-refractivity contribution < 1.29 is 10.2 Å². The van der Waals surface area contributed by atoms with Gasteiger partial charge in [0.05, 0.1) is 0 Å². The zero-order valence-electron chi connectivity index (χ0n) is 7.16. The molecule has 0 amide bonds. The molecule has 68 valence electrons. The lowest BCUT2D eigenvalue weighted by Gasteiger charge is -2.17. The largest absolute Gasteiger partial charge is 0.396 e. The van der Waals surface area contributed by atoms with Crippen molar-refractivity contribution in [2.24, 2.45) is 11.7 Å². The van der Waals surface area contributed by atoms with Crippen LogP contribution < -0.4 is 5.73 Å². The van der Waals surface area contributed by atoms with Crippen LogP contribution in [0.15, 0.2) is 0 Å². The molecular weight excluding hydrogens is 142 g/mol. The molecule has 0 aliphatic rings. The Balaban J connectivity index is 3.51. The topological polar surface area (TPSA) is 66.5 Å². The second-order valence-electron chi connectivity index (χ2n) is 2.91. The minimum Gasteiger partial charge on any atom is -0.396 e. The highest BCUT2D eigenvalue weighted by molar-refractivity contribution is 4.63. The first-order valence-corrected chi connectivity index (χ1v) is 4.26. The van der Waals surface area contributed by atoms with E-state index in [1.807, 2.05) is 0 Å². The number of rotatable bonds is 6. The Morgan fingerprint density at radius 2 is 2.00 bits per heavy atom. The molecule has 0 aliphatic heterocycles. The third-order valence-corrected chi connectivity index (χ3v) is 1.91. The fourth-order valence-corrected chi connectivity index (χ4v) is 1.12. The summed E-state index contributed by atoms with van der Waals surface area (Å²) in [7, 11) is 0. The Labute approximate surface area is 68.2 Å². The Morgan fingerprint density at radius 3 is 2.36 bits per heavy atom. The molecule has 0 heterocycles. The van der Waals surface area contributed by atoms with E-state index in [4.69, 9.17) is 15.9 Å². The van der Waals surface area contributed by atoms with Crippen molar-refractivity contribution in [3.05, 3.63) is 0 Å². The van der Waals surface area contributed by atoms with Gasteiger partial charge in [-0.3, -0.25) is 0 Å². The van der Waals surface area contributed by atoms with Crippen LogP contribution in [0.25, 0.3) is 0 Å². The van der Waals surface area contributed by atoms with Crippen molar-refractivity contribution in [2.75, 3.05) is 6.61 Å². The highest BCUT2D eigenvalue weighted by atomic mass is 16.3. The summed E-state index contributed by atoms with van der Waals surface area (Å²) in [5, 5.41) is 17.7. The molecule has 4 N–H and O–H groups in total. The molecule has 0 aromatic carbocycles. The van der Waals surface area contributed by atoms with Gasteiger partial charge in [0.1, 0.15) is 6.23 Å². The van der Waals surface area contributed by atoms with Crippen molar-refractivity contribution in [1.82, 2.24) is 0 Å². The van der Waals surface area contributed by atoms with E-state index in [1.165, 1.54) is 0 Å². The van der Waals surface area contributed by atoms with Gasteiger partial charge in [-0.05, 0) is 12.8 Å². The molecule has 11 heavy (non-hydrogen) atoms. The maximum atomic E-state index is 9.04. The molecule has 0 saturated heterocycles. The molecule has 0 fully saturated rings. The monoisotopic (exact) mass is 161 g/mol. The molecule has 0 radical (unpaired) electrons. The summed E-state index contributed by atoms with van der Waals surface area (Å²) in [6.07, 6.45) is 2.92. The molecule has 3 heteroatoms. The van der Waals surface area contributed by atoms with E-state index in [0.29, 0.717) is 6.42 Å². The summed E-state index contributed by atoms with van der Waals surface area (Å²) in [6.45, 7) is 2.21. The Kier molecular flexibility index (Phi) is 6.51. The number of unbranched alkanes of at least 4 members (excludes halogenated alkanes) is 1. The number of aliphatic hydroxyl groups is 2. The summed E-state index contributed by atoms with van der Waals surface area (Å²) in [5.74, 6) is 0.0694. The minimum atomic E-state index is -0.770. The molecule has 0 bridgehead atoms. The summed E-state index contributed by atoms with van der Waals surface area (Å²) in [5.41, 5.74) is 5.31. The van der Waals surface area contributed by atoms with Crippen molar-refractivity contribution in [3.8, 4) is 0 Å². The molecule has 0 aromatic rings. The molecule has 0 aromatic heterocycles. The molecule has 0 spiro atoms. The van der Waals surface area contributed by atoms with E-state index in [2.05, 4.69) is 6.92 Å². The highest BCUT2D eigenvalue weighted by Gasteiger charge is 2.13. The maximum Gasteiger partial charge on any atom is 0.105 e. The number of nitrogens with two attached hydrogens (primary N) is 1. The van der Waals surface area contributed by atoms with Crippen LogP contribution in [0.2, 0.25) is 0 Å². The predicted molar refractivity (Wildman–Crippen MR) is 44.9 cm³/mol. The normalized spacial score (nSPS) is 16.4. The van der Waals surface area contributed by atoms with Crippen molar-refractivity contribution >= 4 is 0 Å². The van der Waals surface area contributed by atoms with Gasteiger partial charge in [0, 0.05) is 12.5 Å². The van der Waals surface area contributed by atoms with E-state index in [-0.39, 0.29) is 12.5 Å². The van der Waals surface area contributed by atoms with E-state index < -0.39 is 6.23 Å². The fraction of sp³-hybridized carbons (Fsp3) is 1.00. The Bertz CT molecular complexity index is 86.2. The van der Waals surface area contributed by atoms with Crippen LogP contribution in [0, 0.1) is 5.92 Å². The second kappa shape index (κ2) is 6.58. The lowest BCUT2D eigenvalue weighted by atomic mass is 9.97. The second-order valence-corrected chi connectivity index (χ2v) is 2.91. The number of hydrogen-bond donors (Lipinski definition) is 3. The summed E-state index contributed by atoms with van der Waals surface area (Å²) < 4.78 is 0. The summed E-state index contributed by atoms with van der Waals surface area (Å²) in [6, 6.07) is 0. The van der Waals surface area contributed by atoms with Crippen LogP contribution in [0.5, 0.6) is 0 Å². The Morgan fingerprint density at radius 1 is 1.36 bits per heavy atom. The van der Waals surface area contributed by atoms with E-state index in [9.17, 15) is 0 Å². The molecule has 0 aliphatic carbocycles. The summed E-state index contributed by atoms with van der Waals surface area (Å²) >= 11 is 0. The first-order valence-electron chi connectivity index (χ1n) is 4.26. The number of aliphatic hydroxyl groups excluding tert-OH is 2. The van der Waals surface area contributed by atoms with Crippen molar-refractivity contribution in [2.45, 2.75) is 38.8 Å². The van der Waals surface area contributed by atoms with E-state index >= 15 is 0 Å². The number of hydrogen-bond acceptors (Lipinski definition) is 3. The molecule has 0 saturated carbocycles. The van der Waals surface area contributed by atoms with Crippen LogP contribution in [0.3, 0.4) is 0 Å². The molecule has 0 rings (SSSR count). The van der Waals surface area contributed by atoms with Gasteiger partial charge in [-0.25, -0.2) is 0 Å². The highest BCUT2D eigenvalue weighted by Crippen LogP contribution is 2.13. The van der Waals surface area contributed by atoms with Crippen LogP contribution in [-0.4, -0.2) is 23.0 Å². The van der Waals surface area contributed by atoms with Crippen LogP contribution in [-0.2, 0) is 0 Å².